The molecule has 0 atom stereocenters. The molecule has 0 radical (unpaired) electrons. The number of para-hydroxylation sites is 1. The number of rotatable bonds is 10. The van der Waals surface area contributed by atoms with Crippen molar-refractivity contribution < 1.29 is 33.3 Å². The van der Waals surface area contributed by atoms with Crippen molar-refractivity contribution in [3.63, 3.8) is 0 Å². The van der Waals surface area contributed by atoms with E-state index >= 15 is 0 Å². The quantitative estimate of drug-likeness (QED) is 0.461. The SMILES string of the molecule is COc1cc(CC(=O)OCC(=O)Nc2ccc(Oc3ccccc3)cc2)cc(OC)c1OC. The van der Waals surface area contributed by atoms with Gasteiger partial charge in [0.05, 0.1) is 27.8 Å². The van der Waals surface area contributed by atoms with Crippen molar-refractivity contribution in [1.82, 2.24) is 0 Å². The summed E-state index contributed by atoms with van der Waals surface area (Å²) in [5.41, 5.74) is 1.16. The van der Waals surface area contributed by atoms with Crippen molar-refractivity contribution in [2.24, 2.45) is 0 Å². The van der Waals surface area contributed by atoms with Gasteiger partial charge < -0.3 is 29.0 Å². The zero-order valence-corrected chi connectivity index (χ0v) is 18.6. The first kappa shape index (κ1) is 23.5. The number of esters is 1. The fourth-order valence-corrected chi connectivity index (χ4v) is 3.03. The summed E-state index contributed by atoms with van der Waals surface area (Å²) in [6, 6.07) is 19.6. The Morgan fingerprint density at radius 2 is 1.39 bits per heavy atom. The molecule has 3 aromatic carbocycles. The number of nitrogens with one attached hydrogen (secondary N) is 1. The maximum Gasteiger partial charge on any atom is 0.310 e. The molecule has 8 nitrogen and oxygen atoms in total. The van der Waals surface area contributed by atoms with Crippen LogP contribution in [0.15, 0.2) is 66.7 Å². The van der Waals surface area contributed by atoms with Crippen molar-refractivity contribution in [2.45, 2.75) is 6.42 Å². The second-order valence-corrected chi connectivity index (χ2v) is 6.86. The van der Waals surface area contributed by atoms with Crippen molar-refractivity contribution in [2.75, 3.05) is 33.3 Å². The highest BCUT2D eigenvalue weighted by Gasteiger charge is 2.16. The largest absolute Gasteiger partial charge is 0.493 e. The van der Waals surface area contributed by atoms with E-state index in [0.717, 1.165) is 0 Å². The summed E-state index contributed by atoms with van der Waals surface area (Å²) in [6.45, 7) is -0.411. The van der Waals surface area contributed by atoms with Gasteiger partial charge in [-0.15, -0.1) is 0 Å². The lowest BCUT2D eigenvalue weighted by Crippen LogP contribution is -2.21. The average molecular weight is 451 g/mol. The van der Waals surface area contributed by atoms with E-state index in [0.29, 0.717) is 40.0 Å². The highest BCUT2D eigenvalue weighted by atomic mass is 16.5. The Morgan fingerprint density at radius 1 is 0.788 bits per heavy atom. The predicted octanol–water partition coefficient (Wildman–Crippen LogP) is 4.23. The summed E-state index contributed by atoms with van der Waals surface area (Å²) < 4.78 is 26.6. The molecule has 0 aromatic heterocycles. The standard InChI is InChI=1S/C25H25NO7/c1-29-21-13-17(14-22(30-2)25(21)31-3)15-24(28)32-16-23(27)26-18-9-11-20(12-10-18)33-19-7-5-4-6-8-19/h4-14H,15-16H2,1-3H3,(H,26,27). The summed E-state index contributed by atoms with van der Waals surface area (Å²) in [5.74, 6) is 1.62. The molecule has 8 heteroatoms. The zero-order chi connectivity index (χ0) is 23.6. The summed E-state index contributed by atoms with van der Waals surface area (Å²) in [6.07, 6.45) is -0.0600. The van der Waals surface area contributed by atoms with Gasteiger partial charge in [-0.05, 0) is 54.1 Å². The molecule has 0 heterocycles. The molecule has 1 N–H and O–H groups in total. The third kappa shape index (κ3) is 6.64. The van der Waals surface area contributed by atoms with Crippen molar-refractivity contribution in [3.8, 4) is 28.7 Å². The van der Waals surface area contributed by atoms with Crippen LogP contribution in [0.5, 0.6) is 28.7 Å². The molecule has 0 saturated carbocycles. The van der Waals surface area contributed by atoms with Crippen molar-refractivity contribution in [3.05, 3.63) is 72.3 Å². The molecular weight excluding hydrogens is 426 g/mol. The van der Waals surface area contributed by atoms with Crippen LogP contribution in [0.25, 0.3) is 0 Å². The molecule has 3 aromatic rings. The number of carbonyl (C=O) groups is 2. The number of hydrogen-bond acceptors (Lipinski definition) is 7. The normalized spacial score (nSPS) is 10.2. The van der Waals surface area contributed by atoms with E-state index in [1.165, 1.54) is 21.3 Å². The Hall–Kier alpha value is -4.20. The topological polar surface area (TPSA) is 92.3 Å². The Kier molecular flexibility index (Phi) is 8.13. The summed E-state index contributed by atoms with van der Waals surface area (Å²) in [4.78, 5) is 24.4. The van der Waals surface area contributed by atoms with Gasteiger partial charge in [-0.2, -0.15) is 0 Å². The zero-order valence-electron chi connectivity index (χ0n) is 18.6. The van der Waals surface area contributed by atoms with E-state index in [9.17, 15) is 9.59 Å². The monoisotopic (exact) mass is 451 g/mol. The second-order valence-electron chi connectivity index (χ2n) is 6.86. The van der Waals surface area contributed by atoms with Crippen LogP contribution in [0.4, 0.5) is 5.69 Å². The Balaban J connectivity index is 1.50. The molecule has 172 valence electrons. The van der Waals surface area contributed by atoms with Crippen LogP contribution in [-0.4, -0.2) is 39.8 Å². The molecule has 0 saturated heterocycles. The van der Waals surface area contributed by atoms with E-state index in [1.807, 2.05) is 30.3 Å². The van der Waals surface area contributed by atoms with Gasteiger partial charge in [-0.1, -0.05) is 18.2 Å². The van der Waals surface area contributed by atoms with Crippen LogP contribution in [0, 0.1) is 0 Å². The predicted molar refractivity (Wildman–Crippen MR) is 122 cm³/mol. The van der Waals surface area contributed by atoms with Gasteiger partial charge in [0.2, 0.25) is 5.75 Å². The third-order valence-electron chi connectivity index (χ3n) is 4.55. The Bertz CT molecular complexity index is 1060. The number of benzene rings is 3. The van der Waals surface area contributed by atoms with Gasteiger partial charge >= 0.3 is 5.97 Å². The van der Waals surface area contributed by atoms with Gasteiger partial charge in [0.1, 0.15) is 11.5 Å². The highest BCUT2D eigenvalue weighted by molar-refractivity contribution is 5.93. The molecule has 0 aliphatic carbocycles. The molecule has 3 rings (SSSR count). The molecule has 0 fully saturated rings. The molecule has 0 unspecified atom stereocenters. The van der Waals surface area contributed by atoms with Crippen LogP contribution in [0.2, 0.25) is 0 Å². The maximum atomic E-state index is 12.2. The molecular formula is C25H25NO7. The number of amides is 1. The molecule has 0 aliphatic rings. The van der Waals surface area contributed by atoms with Crippen LogP contribution in [0.1, 0.15) is 5.56 Å². The van der Waals surface area contributed by atoms with Crippen LogP contribution < -0.4 is 24.3 Å². The maximum absolute atomic E-state index is 12.2. The van der Waals surface area contributed by atoms with E-state index < -0.39 is 18.5 Å². The lowest BCUT2D eigenvalue weighted by atomic mass is 10.1. The number of anilines is 1. The van der Waals surface area contributed by atoms with Gasteiger partial charge in [0.25, 0.3) is 5.91 Å². The van der Waals surface area contributed by atoms with Crippen molar-refractivity contribution >= 4 is 17.6 Å². The van der Waals surface area contributed by atoms with Crippen LogP contribution >= 0.6 is 0 Å². The smallest absolute Gasteiger partial charge is 0.310 e. The molecule has 33 heavy (non-hydrogen) atoms. The van der Waals surface area contributed by atoms with E-state index in [-0.39, 0.29) is 6.42 Å². The third-order valence-corrected chi connectivity index (χ3v) is 4.55. The summed E-state index contributed by atoms with van der Waals surface area (Å²) in [7, 11) is 4.48. The summed E-state index contributed by atoms with van der Waals surface area (Å²) >= 11 is 0. The lowest BCUT2D eigenvalue weighted by Gasteiger charge is -2.14. The molecule has 0 aliphatic heterocycles. The van der Waals surface area contributed by atoms with Crippen LogP contribution in [-0.2, 0) is 20.7 Å². The fraction of sp³-hybridized carbons (Fsp3) is 0.200. The van der Waals surface area contributed by atoms with Crippen LogP contribution in [0.3, 0.4) is 0 Å². The highest BCUT2D eigenvalue weighted by Crippen LogP contribution is 2.38. The number of hydrogen-bond donors (Lipinski definition) is 1. The van der Waals surface area contributed by atoms with Gasteiger partial charge in [-0.25, -0.2) is 0 Å². The summed E-state index contributed by atoms with van der Waals surface area (Å²) in [5, 5.41) is 2.68. The second kappa shape index (κ2) is 11.4. The van der Waals surface area contributed by atoms with Crippen molar-refractivity contribution in [1.29, 1.82) is 0 Å². The van der Waals surface area contributed by atoms with E-state index in [1.54, 1.807) is 36.4 Å². The minimum Gasteiger partial charge on any atom is -0.493 e. The average Bonchev–Trinajstić information content (AvgIpc) is 2.84. The lowest BCUT2D eigenvalue weighted by molar-refractivity contribution is -0.146. The van der Waals surface area contributed by atoms with E-state index in [4.69, 9.17) is 23.7 Å². The van der Waals surface area contributed by atoms with Gasteiger partial charge in [0, 0.05) is 5.69 Å². The number of carbonyl (C=O) groups excluding carboxylic acids is 2. The number of methoxy groups -OCH3 is 3. The van der Waals surface area contributed by atoms with E-state index in [2.05, 4.69) is 5.32 Å². The molecule has 0 spiro atoms. The number of ether oxygens (including phenoxy) is 5. The first-order valence-corrected chi connectivity index (χ1v) is 10.1. The Morgan fingerprint density at radius 3 is 1.97 bits per heavy atom. The van der Waals surface area contributed by atoms with Gasteiger partial charge in [0.15, 0.2) is 18.1 Å². The minimum atomic E-state index is -0.564. The molecule has 0 bridgehead atoms. The molecule has 1 amide bonds. The fourth-order valence-electron chi connectivity index (χ4n) is 3.03. The first-order chi connectivity index (χ1) is 16.0. The van der Waals surface area contributed by atoms with Gasteiger partial charge in [-0.3, -0.25) is 9.59 Å². The Labute approximate surface area is 192 Å². The minimum absolute atomic E-state index is 0.0600. The first-order valence-electron chi connectivity index (χ1n) is 10.1.